The van der Waals surface area contributed by atoms with Gasteiger partial charge in [0, 0.05) is 17.3 Å². The van der Waals surface area contributed by atoms with Crippen LogP contribution >= 0.6 is 11.6 Å². The van der Waals surface area contributed by atoms with Crippen molar-refractivity contribution in [2.75, 3.05) is 17.2 Å². The number of nitrogens with zero attached hydrogens (tertiary/aromatic N) is 1. The van der Waals surface area contributed by atoms with Crippen molar-refractivity contribution in [3.63, 3.8) is 0 Å². The lowest BCUT2D eigenvalue weighted by Crippen LogP contribution is -2.39. The van der Waals surface area contributed by atoms with Gasteiger partial charge in [0.15, 0.2) is 9.84 Å². The summed E-state index contributed by atoms with van der Waals surface area (Å²) in [7, 11) is -3.53. The van der Waals surface area contributed by atoms with Crippen LogP contribution < -0.4 is 4.90 Å². The van der Waals surface area contributed by atoms with Crippen LogP contribution in [0.5, 0.6) is 0 Å². The third kappa shape index (κ3) is 3.97. The summed E-state index contributed by atoms with van der Waals surface area (Å²) in [5, 5.41) is 0.553. The monoisotopic (exact) mass is 363 g/mol. The molecule has 0 bridgehead atoms. The number of fused-ring (bicyclic) bond motifs is 1. The van der Waals surface area contributed by atoms with Crippen molar-refractivity contribution in [3.05, 3.63) is 64.7 Å². The number of aryl methyl sites for hydroxylation is 1. The number of carbonyl (C=O) groups is 1. The van der Waals surface area contributed by atoms with Crippen LogP contribution in [0.3, 0.4) is 0 Å². The van der Waals surface area contributed by atoms with Gasteiger partial charge in [-0.25, -0.2) is 8.42 Å². The number of hydrogen-bond donors (Lipinski definition) is 0. The normalized spacial score (nSPS) is 14.3. The molecule has 3 rings (SSSR count). The van der Waals surface area contributed by atoms with E-state index >= 15 is 0 Å². The van der Waals surface area contributed by atoms with Gasteiger partial charge in [0.2, 0.25) is 5.91 Å². The van der Waals surface area contributed by atoms with Crippen LogP contribution in [0.4, 0.5) is 5.69 Å². The van der Waals surface area contributed by atoms with E-state index in [1.54, 1.807) is 29.2 Å². The largest absolute Gasteiger partial charge is 0.311 e. The van der Waals surface area contributed by atoms with E-state index in [4.69, 9.17) is 11.6 Å². The number of rotatable bonds is 4. The molecule has 0 atom stereocenters. The molecule has 1 aliphatic rings. The highest BCUT2D eigenvalue weighted by atomic mass is 35.5. The lowest BCUT2D eigenvalue weighted by atomic mass is 10.0. The van der Waals surface area contributed by atoms with Crippen molar-refractivity contribution in [1.29, 1.82) is 0 Å². The molecule has 24 heavy (non-hydrogen) atoms. The molecule has 0 unspecified atom stereocenters. The highest BCUT2D eigenvalue weighted by molar-refractivity contribution is 7.91. The molecule has 1 aliphatic heterocycles. The van der Waals surface area contributed by atoms with E-state index in [2.05, 4.69) is 0 Å². The fourth-order valence-electron chi connectivity index (χ4n) is 2.94. The van der Waals surface area contributed by atoms with Crippen molar-refractivity contribution >= 4 is 33.0 Å². The fraction of sp³-hybridized carbons (Fsp3) is 0.278. The van der Waals surface area contributed by atoms with Crippen molar-refractivity contribution in [3.8, 4) is 0 Å². The van der Waals surface area contributed by atoms with Crippen molar-refractivity contribution in [2.24, 2.45) is 0 Å². The second-order valence-corrected chi connectivity index (χ2v) is 8.44. The summed E-state index contributed by atoms with van der Waals surface area (Å²) in [4.78, 5) is 14.1. The predicted molar refractivity (Wildman–Crippen MR) is 96.1 cm³/mol. The molecule has 2 aromatic rings. The van der Waals surface area contributed by atoms with E-state index in [1.165, 1.54) is 0 Å². The van der Waals surface area contributed by atoms with Gasteiger partial charge in [0.1, 0.15) is 5.75 Å². The van der Waals surface area contributed by atoms with E-state index in [1.807, 2.05) is 24.3 Å². The molecular weight excluding hydrogens is 346 g/mol. The molecule has 0 aliphatic carbocycles. The highest BCUT2D eigenvalue weighted by Crippen LogP contribution is 2.27. The molecule has 1 amide bonds. The average molecular weight is 364 g/mol. The van der Waals surface area contributed by atoms with Crippen LogP contribution in [0.25, 0.3) is 0 Å². The molecule has 126 valence electrons. The molecule has 0 spiro atoms. The number of benzene rings is 2. The molecule has 0 aromatic heterocycles. The Morgan fingerprint density at radius 1 is 1.08 bits per heavy atom. The summed E-state index contributed by atoms with van der Waals surface area (Å²) in [5.74, 6) is -1.01. The molecule has 6 heteroatoms. The third-order valence-corrected chi connectivity index (χ3v) is 5.77. The Morgan fingerprint density at radius 3 is 2.54 bits per heavy atom. The van der Waals surface area contributed by atoms with Crippen molar-refractivity contribution in [2.45, 2.75) is 18.6 Å². The first-order valence-electron chi connectivity index (χ1n) is 7.78. The SMILES string of the molecule is O=C(CS(=O)(=O)Cc1ccc(Cl)cc1)N1CCCc2ccccc21. The van der Waals surface area contributed by atoms with Crippen LogP contribution in [-0.4, -0.2) is 26.6 Å². The van der Waals surface area contributed by atoms with Gasteiger partial charge in [0.25, 0.3) is 0 Å². The Morgan fingerprint density at radius 2 is 1.79 bits per heavy atom. The number of halogens is 1. The van der Waals surface area contributed by atoms with Crippen LogP contribution in [0.1, 0.15) is 17.5 Å². The zero-order valence-electron chi connectivity index (χ0n) is 13.1. The number of hydrogen-bond acceptors (Lipinski definition) is 3. The first kappa shape index (κ1) is 17.0. The van der Waals surface area contributed by atoms with E-state index < -0.39 is 15.6 Å². The smallest absolute Gasteiger partial charge is 0.242 e. The van der Waals surface area contributed by atoms with Crippen molar-refractivity contribution in [1.82, 2.24) is 0 Å². The van der Waals surface area contributed by atoms with Crippen LogP contribution in [0.15, 0.2) is 48.5 Å². The summed E-state index contributed by atoms with van der Waals surface area (Å²) < 4.78 is 24.7. The first-order chi connectivity index (χ1) is 11.4. The maximum absolute atomic E-state index is 12.5. The average Bonchev–Trinajstić information content (AvgIpc) is 2.55. The maximum atomic E-state index is 12.5. The van der Waals surface area contributed by atoms with Crippen LogP contribution in [0, 0.1) is 0 Å². The fourth-order valence-corrected chi connectivity index (χ4v) is 4.40. The van der Waals surface area contributed by atoms with Crippen molar-refractivity contribution < 1.29 is 13.2 Å². The summed E-state index contributed by atoms with van der Waals surface area (Å²) in [6, 6.07) is 14.3. The first-order valence-corrected chi connectivity index (χ1v) is 9.98. The van der Waals surface area contributed by atoms with Gasteiger partial charge >= 0.3 is 0 Å². The number of amides is 1. The Balaban J connectivity index is 1.73. The minimum Gasteiger partial charge on any atom is -0.311 e. The number of anilines is 1. The van der Waals surface area contributed by atoms with E-state index in [0.29, 0.717) is 17.1 Å². The summed E-state index contributed by atoms with van der Waals surface area (Å²) in [5.41, 5.74) is 2.55. The van der Waals surface area contributed by atoms with E-state index in [0.717, 1.165) is 24.1 Å². The predicted octanol–water partition coefficient (Wildman–Crippen LogP) is 3.23. The van der Waals surface area contributed by atoms with Gasteiger partial charge in [-0.05, 0) is 42.2 Å². The third-order valence-electron chi connectivity index (χ3n) is 4.05. The summed E-state index contributed by atoms with van der Waals surface area (Å²) in [6.45, 7) is 0.562. The number of carbonyl (C=O) groups excluding carboxylic acids is 1. The second kappa shape index (κ2) is 6.95. The zero-order valence-corrected chi connectivity index (χ0v) is 14.7. The molecule has 0 fully saturated rings. The van der Waals surface area contributed by atoms with Gasteiger partial charge in [-0.15, -0.1) is 0 Å². The molecule has 0 radical (unpaired) electrons. The van der Waals surface area contributed by atoms with Gasteiger partial charge in [-0.2, -0.15) is 0 Å². The van der Waals surface area contributed by atoms with Crippen LogP contribution in [-0.2, 0) is 26.8 Å². The molecule has 0 saturated heterocycles. The lowest BCUT2D eigenvalue weighted by Gasteiger charge is -2.29. The van der Waals surface area contributed by atoms with E-state index in [-0.39, 0.29) is 11.7 Å². The van der Waals surface area contributed by atoms with Gasteiger partial charge in [-0.3, -0.25) is 4.79 Å². The molecular formula is C18H18ClNO3S. The topological polar surface area (TPSA) is 54.5 Å². The van der Waals surface area contributed by atoms with Gasteiger partial charge in [-0.1, -0.05) is 41.9 Å². The lowest BCUT2D eigenvalue weighted by molar-refractivity contribution is -0.116. The second-order valence-electron chi connectivity index (χ2n) is 5.94. The number of sulfone groups is 1. The molecule has 1 heterocycles. The zero-order chi connectivity index (χ0) is 17.2. The molecule has 0 N–H and O–H groups in total. The standard InChI is InChI=1S/C18H18ClNO3S/c19-16-9-7-14(8-10-16)12-24(22,23)13-18(21)20-11-3-5-15-4-1-2-6-17(15)20/h1-2,4,6-10H,3,5,11-13H2. The number of para-hydroxylation sites is 1. The Kier molecular flexibility index (Phi) is 4.92. The van der Waals surface area contributed by atoms with Gasteiger partial charge < -0.3 is 4.90 Å². The Bertz CT molecular complexity index is 847. The van der Waals surface area contributed by atoms with E-state index in [9.17, 15) is 13.2 Å². The quantitative estimate of drug-likeness (QED) is 0.838. The molecule has 4 nitrogen and oxygen atoms in total. The molecule has 0 saturated carbocycles. The van der Waals surface area contributed by atoms with Gasteiger partial charge in [0.05, 0.1) is 5.75 Å². The maximum Gasteiger partial charge on any atom is 0.242 e. The summed E-state index contributed by atoms with van der Waals surface area (Å²) in [6.07, 6.45) is 1.76. The Hall–Kier alpha value is -1.85. The van der Waals surface area contributed by atoms with Crippen LogP contribution in [0.2, 0.25) is 5.02 Å². The summed E-state index contributed by atoms with van der Waals surface area (Å²) >= 11 is 5.81. The minimum absolute atomic E-state index is 0.161. The molecule has 2 aromatic carbocycles. The minimum atomic E-state index is -3.53. The highest BCUT2D eigenvalue weighted by Gasteiger charge is 2.26. The Labute approximate surface area is 147 Å².